The molecule has 1 unspecified atom stereocenters. The van der Waals surface area contributed by atoms with Crippen molar-refractivity contribution >= 4 is 18.6 Å². The molecule has 0 radical (unpaired) electrons. The van der Waals surface area contributed by atoms with E-state index in [-0.39, 0.29) is 0 Å². The van der Waals surface area contributed by atoms with Crippen LogP contribution < -0.4 is 0 Å². The summed E-state index contributed by atoms with van der Waals surface area (Å²) in [5.74, 6) is 0.649. The van der Waals surface area contributed by atoms with Gasteiger partial charge in [0.1, 0.15) is 0 Å². The van der Waals surface area contributed by atoms with Gasteiger partial charge in [0, 0.05) is 0 Å². The number of carboxylic acid groups (broad SMARTS) is 1. The van der Waals surface area contributed by atoms with Gasteiger partial charge in [0.15, 0.2) is 0 Å². The van der Waals surface area contributed by atoms with Gasteiger partial charge >= 0.3 is 5.97 Å². The molecule has 76 valence electrons. The molecule has 1 aliphatic rings. The Balaban J connectivity index is 2.26. The Morgan fingerprint density at radius 3 is 2.46 bits per heavy atom. The molecular formula is C10H18O2S. The van der Waals surface area contributed by atoms with Crippen LogP contribution in [0.15, 0.2) is 0 Å². The maximum Gasteiger partial charge on any atom is 0.316 e. The van der Waals surface area contributed by atoms with Crippen molar-refractivity contribution < 1.29 is 9.90 Å². The van der Waals surface area contributed by atoms with Crippen molar-refractivity contribution in [1.29, 1.82) is 0 Å². The SMILES string of the molecule is CC1CCC(CC(S)C(=O)O)CC1. The number of carboxylic acids is 1. The lowest BCUT2D eigenvalue weighted by molar-refractivity contribution is -0.136. The van der Waals surface area contributed by atoms with Gasteiger partial charge < -0.3 is 5.11 Å². The first-order valence-corrected chi connectivity index (χ1v) is 5.52. The lowest BCUT2D eigenvalue weighted by Crippen LogP contribution is -2.21. The van der Waals surface area contributed by atoms with Crippen LogP contribution in [0.1, 0.15) is 39.0 Å². The van der Waals surface area contributed by atoms with Gasteiger partial charge in [-0.2, -0.15) is 12.6 Å². The monoisotopic (exact) mass is 202 g/mol. The molecule has 0 heterocycles. The minimum Gasteiger partial charge on any atom is -0.480 e. The lowest BCUT2D eigenvalue weighted by Gasteiger charge is -2.26. The summed E-state index contributed by atoms with van der Waals surface area (Å²) in [4.78, 5) is 10.6. The third-order valence-corrected chi connectivity index (χ3v) is 3.41. The van der Waals surface area contributed by atoms with E-state index in [4.69, 9.17) is 5.11 Å². The zero-order chi connectivity index (χ0) is 9.84. The Hall–Kier alpha value is -0.180. The molecule has 1 rings (SSSR count). The Morgan fingerprint density at radius 1 is 1.46 bits per heavy atom. The summed E-state index contributed by atoms with van der Waals surface area (Å²) in [6.45, 7) is 2.27. The van der Waals surface area contributed by atoms with Gasteiger partial charge in [-0.15, -0.1) is 0 Å². The minimum atomic E-state index is -0.776. The van der Waals surface area contributed by atoms with E-state index in [1.807, 2.05) is 0 Å². The van der Waals surface area contributed by atoms with E-state index in [0.29, 0.717) is 5.92 Å². The van der Waals surface area contributed by atoms with E-state index in [0.717, 1.165) is 12.3 Å². The highest BCUT2D eigenvalue weighted by atomic mass is 32.1. The van der Waals surface area contributed by atoms with Crippen molar-refractivity contribution in [2.45, 2.75) is 44.3 Å². The Labute approximate surface area is 85.1 Å². The van der Waals surface area contributed by atoms with Crippen molar-refractivity contribution in [2.24, 2.45) is 11.8 Å². The predicted molar refractivity (Wildman–Crippen MR) is 56.1 cm³/mol. The number of rotatable bonds is 3. The highest BCUT2D eigenvalue weighted by Crippen LogP contribution is 2.31. The summed E-state index contributed by atoms with van der Waals surface area (Å²) >= 11 is 4.06. The molecular weight excluding hydrogens is 184 g/mol. The average molecular weight is 202 g/mol. The topological polar surface area (TPSA) is 37.3 Å². The summed E-state index contributed by atoms with van der Waals surface area (Å²) in [6.07, 6.45) is 5.62. The van der Waals surface area contributed by atoms with Crippen molar-refractivity contribution in [3.63, 3.8) is 0 Å². The first-order chi connectivity index (χ1) is 6.09. The van der Waals surface area contributed by atoms with Gasteiger partial charge in [-0.25, -0.2) is 0 Å². The molecule has 13 heavy (non-hydrogen) atoms. The molecule has 0 aromatic heterocycles. The fourth-order valence-corrected chi connectivity index (χ4v) is 2.28. The van der Waals surface area contributed by atoms with Crippen molar-refractivity contribution in [3.8, 4) is 0 Å². The predicted octanol–water partition coefficient (Wildman–Crippen LogP) is 2.59. The molecule has 0 aromatic carbocycles. The average Bonchev–Trinajstić information content (AvgIpc) is 2.08. The normalized spacial score (nSPS) is 31.2. The van der Waals surface area contributed by atoms with Crippen LogP contribution in [0.2, 0.25) is 0 Å². The van der Waals surface area contributed by atoms with Crippen LogP contribution in [0.3, 0.4) is 0 Å². The standard InChI is InChI=1S/C10H18O2S/c1-7-2-4-8(5-3-7)6-9(13)10(11)12/h7-9,13H,2-6H2,1H3,(H,11,12). The largest absolute Gasteiger partial charge is 0.480 e. The van der Waals surface area contributed by atoms with Crippen LogP contribution in [0.4, 0.5) is 0 Å². The smallest absolute Gasteiger partial charge is 0.316 e. The molecule has 0 aromatic rings. The van der Waals surface area contributed by atoms with Crippen LogP contribution in [-0.4, -0.2) is 16.3 Å². The second-order valence-electron chi connectivity index (χ2n) is 4.22. The minimum absolute atomic E-state index is 0.460. The number of aliphatic carboxylic acids is 1. The Kier molecular flexibility index (Phi) is 4.10. The maximum absolute atomic E-state index is 10.6. The molecule has 2 nitrogen and oxygen atoms in total. The molecule has 0 amide bonds. The molecule has 1 aliphatic carbocycles. The van der Waals surface area contributed by atoms with Gasteiger partial charge in [0.2, 0.25) is 0 Å². The first kappa shape index (κ1) is 10.9. The molecule has 0 aliphatic heterocycles. The van der Waals surface area contributed by atoms with E-state index >= 15 is 0 Å². The summed E-state index contributed by atoms with van der Waals surface area (Å²) in [5.41, 5.74) is 0. The summed E-state index contributed by atoms with van der Waals surface area (Å²) in [5, 5.41) is 8.23. The van der Waals surface area contributed by atoms with Crippen LogP contribution in [0.25, 0.3) is 0 Å². The number of hydrogen-bond acceptors (Lipinski definition) is 2. The highest BCUT2D eigenvalue weighted by molar-refractivity contribution is 7.81. The first-order valence-electron chi connectivity index (χ1n) is 5.00. The molecule has 0 spiro atoms. The van der Waals surface area contributed by atoms with E-state index < -0.39 is 11.2 Å². The molecule has 1 atom stereocenters. The zero-order valence-corrected chi connectivity index (χ0v) is 8.96. The van der Waals surface area contributed by atoms with Gasteiger partial charge in [0.25, 0.3) is 0 Å². The summed E-state index contributed by atoms with van der Waals surface area (Å²) in [6, 6.07) is 0. The van der Waals surface area contributed by atoms with E-state index in [1.165, 1.54) is 25.7 Å². The molecule has 0 saturated heterocycles. The van der Waals surface area contributed by atoms with E-state index in [2.05, 4.69) is 19.6 Å². The van der Waals surface area contributed by atoms with Crippen molar-refractivity contribution in [3.05, 3.63) is 0 Å². The molecule has 0 bridgehead atoms. The maximum atomic E-state index is 10.6. The Morgan fingerprint density at radius 2 is 2.00 bits per heavy atom. The quantitative estimate of drug-likeness (QED) is 0.690. The highest BCUT2D eigenvalue weighted by Gasteiger charge is 2.23. The molecule has 1 fully saturated rings. The van der Waals surface area contributed by atoms with Gasteiger partial charge in [-0.05, 0) is 18.3 Å². The van der Waals surface area contributed by atoms with E-state index in [1.54, 1.807) is 0 Å². The third-order valence-electron chi connectivity index (χ3n) is 2.98. The van der Waals surface area contributed by atoms with Crippen molar-refractivity contribution in [1.82, 2.24) is 0 Å². The fourth-order valence-electron chi connectivity index (χ4n) is 1.98. The Bertz CT molecular complexity index is 174. The molecule has 1 saturated carbocycles. The van der Waals surface area contributed by atoms with Gasteiger partial charge in [0.05, 0.1) is 5.25 Å². The van der Waals surface area contributed by atoms with Crippen LogP contribution >= 0.6 is 12.6 Å². The van der Waals surface area contributed by atoms with Gasteiger partial charge in [-0.3, -0.25) is 4.79 Å². The van der Waals surface area contributed by atoms with Crippen LogP contribution in [0.5, 0.6) is 0 Å². The number of thiol groups is 1. The zero-order valence-electron chi connectivity index (χ0n) is 8.07. The summed E-state index contributed by atoms with van der Waals surface area (Å²) < 4.78 is 0. The number of carbonyl (C=O) groups is 1. The second kappa shape index (κ2) is 4.89. The summed E-state index contributed by atoms with van der Waals surface area (Å²) in [7, 11) is 0. The van der Waals surface area contributed by atoms with E-state index in [9.17, 15) is 4.79 Å². The third kappa shape index (κ3) is 3.59. The second-order valence-corrected chi connectivity index (χ2v) is 4.84. The van der Waals surface area contributed by atoms with Crippen LogP contribution in [0, 0.1) is 11.8 Å². The number of hydrogen-bond donors (Lipinski definition) is 2. The van der Waals surface area contributed by atoms with Crippen molar-refractivity contribution in [2.75, 3.05) is 0 Å². The lowest BCUT2D eigenvalue weighted by atomic mass is 9.81. The van der Waals surface area contributed by atoms with Gasteiger partial charge in [-0.1, -0.05) is 32.6 Å². The fraction of sp³-hybridized carbons (Fsp3) is 0.900. The molecule has 3 heteroatoms. The van der Waals surface area contributed by atoms with Crippen LogP contribution in [-0.2, 0) is 4.79 Å². The molecule has 1 N–H and O–H groups in total.